The van der Waals surface area contributed by atoms with Crippen LogP contribution in [-0.2, 0) is 19.6 Å². The van der Waals surface area contributed by atoms with Gasteiger partial charge in [0, 0.05) is 18.7 Å². The lowest BCUT2D eigenvalue weighted by Gasteiger charge is -2.11. The number of methoxy groups -OCH3 is 1. The van der Waals surface area contributed by atoms with Crippen molar-refractivity contribution in [3.63, 3.8) is 0 Å². The number of nitrogens with one attached hydrogen (secondary N) is 1. The third-order valence-electron chi connectivity index (χ3n) is 4.12. The van der Waals surface area contributed by atoms with Crippen LogP contribution >= 0.6 is 11.7 Å². The molecule has 2 heterocycles. The van der Waals surface area contributed by atoms with Gasteiger partial charge in [0.2, 0.25) is 0 Å². The first-order chi connectivity index (χ1) is 12.8. The van der Waals surface area contributed by atoms with E-state index in [9.17, 15) is 0 Å². The molecule has 26 heavy (non-hydrogen) atoms. The summed E-state index contributed by atoms with van der Waals surface area (Å²) >= 11 is 1.24. The highest BCUT2D eigenvalue weighted by Crippen LogP contribution is 2.21. The molecule has 7 nitrogen and oxygen atoms in total. The molecular formula is C18H18N6OS. The van der Waals surface area contributed by atoms with Gasteiger partial charge in [0.1, 0.15) is 29.4 Å². The number of ether oxygens (including phenoxy) is 1. The molecule has 0 aliphatic rings. The molecule has 0 radical (unpaired) electrons. The molecular weight excluding hydrogens is 348 g/mol. The van der Waals surface area contributed by atoms with Gasteiger partial charge in [0.25, 0.3) is 0 Å². The van der Waals surface area contributed by atoms with Crippen molar-refractivity contribution < 1.29 is 4.74 Å². The van der Waals surface area contributed by atoms with Crippen molar-refractivity contribution in [2.75, 3.05) is 7.11 Å². The summed E-state index contributed by atoms with van der Waals surface area (Å²) in [6, 6.07) is 12.4. The zero-order valence-corrected chi connectivity index (χ0v) is 15.1. The predicted octanol–water partition coefficient (Wildman–Crippen LogP) is 2.63. The van der Waals surface area contributed by atoms with Crippen LogP contribution in [-0.4, -0.2) is 30.6 Å². The van der Waals surface area contributed by atoms with E-state index in [0.717, 1.165) is 35.4 Å². The SMILES string of the molecule is COc1ccc(CNCc2ccc3nsnc3c2)cc1Cn1cncn1. The molecule has 132 valence electrons. The van der Waals surface area contributed by atoms with Gasteiger partial charge in [0.05, 0.1) is 25.4 Å². The average molecular weight is 366 g/mol. The largest absolute Gasteiger partial charge is 0.496 e. The molecule has 2 aromatic heterocycles. The van der Waals surface area contributed by atoms with Crippen molar-refractivity contribution in [3.05, 3.63) is 65.7 Å². The minimum absolute atomic E-state index is 0.629. The van der Waals surface area contributed by atoms with Gasteiger partial charge >= 0.3 is 0 Å². The summed E-state index contributed by atoms with van der Waals surface area (Å²) in [6.45, 7) is 2.17. The summed E-state index contributed by atoms with van der Waals surface area (Å²) in [5.41, 5.74) is 5.37. The monoisotopic (exact) mass is 366 g/mol. The van der Waals surface area contributed by atoms with E-state index < -0.39 is 0 Å². The minimum Gasteiger partial charge on any atom is -0.496 e. The smallest absolute Gasteiger partial charge is 0.137 e. The number of fused-ring (bicyclic) bond motifs is 1. The van der Waals surface area contributed by atoms with E-state index in [-0.39, 0.29) is 0 Å². The first-order valence-electron chi connectivity index (χ1n) is 8.22. The molecule has 4 rings (SSSR count). The molecule has 0 bridgehead atoms. The van der Waals surface area contributed by atoms with Crippen LogP contribution in [0.4, 0.5) is 0 Å². The molecule has 0 saturated heterocycles. The highest BCUT2D eigenvalue weighted by Gasteiger charge is 2.06. The Morgan fingerprint density at radius 2 is 1.85 bits per heavy atom. The quantitative estimate of drug-likeness (QED) is 0.542. The number of aromatic nitrogens is 5. The van der Waals surface area contributed by atoms with Crippen molar-refractivity contribution in [2.45, 2.75) is 19.6 Å². The van der Waals surface area contributed by atoms with Gasteiger partial charge < -0.3 is 10.1 Å². The fourth-order valence-electron chi connectivity index (χ4n) is 2.84. The van der Waals surface area contributed by atoms with Gasteiger partial charge in [-0.3, -0.25) is 0 Å². The maximum absolute atomic E-state index is 5.46. The Labute approximate surface area is 155 Å². The second-order valence-corrected chi connectivity index (χ2v) is 6.46. The van der Waals surface area contributed by atoms with E-state index >= 15 is 0 Å². The Balaban J connectivity index is 1.42. The van der Waals surface area contributed by atoms with Gasteiger partial charge in [-0.25, -0.2) is 9.67 Å². The van der Waals surface area contributed by atoms with E-state index in [2.05, 4.69) is 48.4 Å². The van der Waals surface area contributed by atoms with Crippen molar-refractivity contribution >= 4 is 22.8 Å². The Morgan fingerprint density at radius 1 is 1.04 bits per heavy atom. The maximum Gasteiger partial charge on any atom is 0.137 e. The molecule has 4 aromatic rings. The van der Waals surface area contributed by atoms with Gasteiger partial charge in [-0.05, 0) is 35.4 Å². The zero-order chi connectivity index (χ0) is 17.8. The molecule has 0 amide bonds. The van der Waals surface area contributed by atoms with Crippen LogP contribution in [0.25, 0.3) is 11.0 Å². The van der Waals surface area contributed by atoms with Crippen LogP contribution in [0.1, 0.15) is 16.7 Å². The maximum atomic E-state index is 5.46. The van der Waals surface area contributed by atoms with Crippen molar-refractivity contribution in [3.8, 4) is 5.75 Å². The Hall–Kier alpha value is -2.84. The predicted molar refractivity (Wildman–Crippen MR) is 100 cm³/mol. The average Bonchev–Trinajstić information content (AvgIpc) is 3.33. The third-order valence-corrected chi connectivity index (χ3v) is 4.68. The normalized spacial score (nSPS) is 11.1. The molecule has 0 aliphatic carbocycles. The summed E-state index contributed by atoms with van der Waals surface area (Å²) in [4.78, 5) is 3.99. The van der Waals surface area contributed by atoms with Crippen molar-refractivity contribution in [1.82, 2.24) is 28.8 Å². The van der Waals surface area contributed by atoms with E-state index in [1.807, 2.05) is 12.1 Å². The lowest BCUT2D eigenvalue weighted by Crippen LogP contribution is -2.13. The first kappa shape index (κ1) is 16.6. The van der Waals surface area contributed by atoms with Crippen LogP contribution in [0.15, 0.2) is 49.1 Å². The summed E-state index contributed by atoms with van der Waals surface area (Å²) in [5, 5.41) is 7.64. The standard InChI is InChI=1S/C18H18N6OS/c1-25-18-5-3-13(6-15(18)10-24-12-20-11-21-24)8-19-9-14-2-4-16-17(7-14)23-26-22-16/h2-7,11-12,19H,8-10H2,1H3. The molecule has 0 unspecified atom stereocenters. The van der Waals surface area contributed by atoms with Gasteiger partial charge in [-0.1, -0.05) is 12.1 Å². The minimum atomic E-state index is 0.629. The topological polar surface area (TPSA) is 77.8 Å². The molecule has 0 atom stereocenters. The van der Waals surface area contributed by atoms with E-state index in [4.69, 9.17) is 4.74 Å². The summed E-state index contributed by atoms with van der Waals surface area (Å²) in [6.07, 6.45) is 3.24. The fraction of sp³-hybridized carbons (Fsp3) is 0.222. The number of rotatable bonds is 7. The molecule has 0 aliphatic heterocycles. The molecule has 8 heteroatoms. The lowest BCUT2D eigenvalue weighted by molar-refractivity contribution is 0.407. The second-order valence-electron chi connectivity index (χ2n) is 5.93. The zero-order valence-electron chi connectivity index (χ0n) is 14.3. The van der Waals surface area contributed by atoms with E-state index in [1.54, 1.807) is 18.1 Å². The Kier molecular flexibility index (Phi) is 4.85. The van der Waals surface area contributed by atoms with Crippen LogP contribution in [0, 0.1) is 0 Å². The molecule has 0 fully saturated rings. The highest BCUT2D eigenvalue weighted by molar-refractivity contribution is 7.00. The molecule has 0 spiro atoms. The van der Waals surface area contributed by atoms with Crippen LogP contribution in [0.5, 0.6) is 5.75 Å². The molecule has 1 N–H and O–H groups in total. The fourth-order valence-corrected chi connectivity index (χ4v) is 3.36. The Bertz CT molecular complexity index is 998. The molecule has 2 aromatic carbocycles. The number of benzene rings is 2. The van der Waals surface area contributed by atoms with Gasteiger partial charge in [-0.2, -0.15) is 13.8 Å². The van der Waals surface area contributed by atoms with Crippen LogP contribution in [0.2, 0.25) is 0 Å². The van der Waals surface area contributed by atoms with E-state index in [1.165, 1.54) is 29.2 Å². The highest BCUT2D eigenvalue weighted by atomic mass is 32.1. The lowest BCUT2D eigenvalue weighted by atomic mass is 10.1. The number of hydrogen-bond acceptors (Lipinski definition) is 7. The van der Waals surface area contributed by atoms with Gasteiger partial charge in [-0.15, -0.1) is 0 Å². The summed E-state index contributed by atoms with van der Waals surface area (Å²) < 4.78 is 15.8. The third kappa shape index (κ3) is 3.71. The van der Waals surface area contributed by atoms with Crippen LogP contribution in [0.3, 0.4) is 0 Å². The molecule has 0 saturated carbocycles. The summed E-state index contributed by atoms with van der Waals surface area (Å²) in [7, 11) is 1.68. The summed E-state index contributed by atoms with van der Waals surface area (Å²) in [5.74, 6) is 0.853. The number of nitrogens with zero attached hydrogens (tertiary/aromatic N) is 5. The van der Waals surface area contributed by atoms with E-state index in [0.29, 0.717) is 6.54 Å². The first-order valence-corrected chi connectivity index (χ1v) is 8.95. The number of hydrogen-bond donors (Lipinski definition) is 1. The van der Waals surface area contributed by atoms with Gasteiger partial charge in [0.15, 0.2) is 0 Å². The Morgan fingerprint density at radius 3 is 2.65 bits per heavy atom. The van der Waals surface area contributed by atoms with Crippen molar-refractivity contribution in [1.29, 1.82) is 0 Å². The van der Waals surface area contributed by atoms with Crippen molar-refractivity contribution in [2.24, 2.45) is 0 Å². The van der Waals surface area contributed by atoms with Crippen LogP contribution < -0.4 is 10.1 Å². The second kappa shape index (κ2) is 7.59.